The number of benzene rings is 1. The minimum atomic E-state index is 0.443. The smallest absolute Gasteiger partial charge is 0.0596 e. The Morgan fingerprint density at radius 2 is 2.14 bits per heavy atom. The van der Waals surface area contributed by atoms with Gasteiger partial charge in [-0.3, -0.25) is 4.68 Å². The first-order chi connectivity index (χ1) is 10.2. The van der Waals surface area contributed by atoms with Crippen LogP contribution in [0.2, 0.25) is 0 Å². The lowest BCUT2D eigenvalue weighted by molar-refractivity contribution is 0.352. The molecule has 3 heteroatoms. The number of rotatable bonds is 3. The molecule has 2 aromatic rings. The van der Waals surface area contributed by atoms with Gasteiger partial charge in [0.05, 0.1) is 5.69 Å². The topological polar surface area (TPSA) is 29.9 Å². The highest BCUT2D eigenvalue weighted by Gasteiger charge is 2.27. The van der Waals surface area contributed by atoms with Gasteiger partial charge in [0.1, 0.15) is 0 Å². The summed E-state index contributed by atoms with van der Waals surface area (Å²) in [6.07, 6.45) is 4.84. The average Bonchev–Trinajstić information content (AvgIpc) is 2.69. The van der Waals surface area contributed by atoms with E-state index in [0.717, 1.165) is 12.1 Å². The highest BCUT2D eigenvalue weighted by Crippen LogP contribution is 2.35. The number of nitrogens with zero attached hydrogens (tertiary/aromatic N) is 2. The molecule has 2 unspecified atom stereocenters. The Balaban J connectivity index is 1.89. The second kappa shape index (κ2) is 6.02. The van der Waals surface area contributed by atoms with Gasteiger partial charge in [-0.05, 0) is 62.8 Å². The molecule has 3 nitrogen and oxygen atoms in total. The van der Waals surface area contributed by atoms with Crippen LogP contribution in [0.5, 0.6) is 0 Å². The molecule has 0 aliphatic heterocycles. The van der Waals surface area contributed by atoms with Gasteiger partial charge in [0.15, 0.2) is 0 Å². The van der Waals surface area contributed by atoms with E-state index in [1.807, 2.05) is 4.68 Å². The first kappa shape index (κ1) is 14.3. The standard InChI is InChI=1S/C18H25N3/c1-13-11-16(21(3)20-13)12-15-9-6-8-14-7-4-5-10-17(14)18(15)19-2/h4-5,7,10-11,15,18-19H,6,8-9,12H2,1-3H3. The monoisotopic (exact) mass is 283 g/mol. The van der Waals surface area contributed by atoms with Gasteiger partial charge in [-0.1, -0.05) is 24.3 Å². The molecule has 1 aliphatic rings. The van der Waals surface area contributed by atoms with E-state index in [4.69, 9.17) is 0 Å². The maximum atomic E-state index is 4.49. The van der Waals surface area contributed by atoms with Gasteiger partial charge in [-0.25, -0.2) is 0 Å². The Bertz CT molecular complexity index is 615. The lowest BCUT2D eigenvalue weighted by atomic mass is 9.87. The van der Waals surface area contributed by atoms with Gasteiger partial charge >= 0.3 is 0 Å². The Hall–Kier alpha value is -1.61. The Kier molecular flexibility index (Phi) is 4.11. The quantitative estimate of drug-likeness (QED) is 0.877. The van der Waals surface area contributed by atoms with Crippen LogP contribution in [0, 0.1) is 12.8 Å². The average molecular weight is 283 g/mol. The lowest BCUT2D eigenvalue weighted by Gasteiger charge is -2.26. The Morgan fingerprint density at radius 1 is 1.33 bits per heavy atom. The molecular formula is C18H25N3. The fourth-order valence-corrected chi connectivity index (χ4v) is 3.78. The van der Waals surface area contributed by atoms with E-state index in [2.05, 4.69) is 61.8 Å². The Labute approximate surface area is 127 Å². The van der Waals surface area contributed by atoms with Gasteiger partial charge < -0.3 is 5.32 Å². The fourth-order valence-electron chi connectivity index (χ4n) is 3.78. The second-order valence-corrected chi connectivity index (χ2v) is 6.22. The van der Waals surface area contributed by atoms with E-state index in [1.165, 1.54) is 36.1 Å². The summed E-state index contributed by atoms with van der Waals surface area (Å²) in [5, 5.41) is 8.06. The number of nitrogens with one attached hydrogen (secondary N) is 1. The van der Waals surface area contributed by atoms with Gasteiger partial charge in [0.25, 0.3) is 0 Å². The number of aryl methyl sites for hydroxylation is 3. The summed E-state index contributed by atoms with van der Waals surface area (Å²) in [4.78, 5) is 0. The zero-order valence-electron chi connectivity index (χ0n) is 13.3. The van der Waals surface area contributed by atoms with Gasteiger partial charge in [-0.2, -0.15) is 5.10 Å². The molecule has 0 bridgehead atoms. The largest absolute Gasteiger partial charge is 0.313 e. The van der Waals surface area contributed by atoms with Crippen molar-refractivity contribution in [3.8, 4) is 0 Å². The summed E-state index contributed by atoms with van der Waals surface area (Å²) in [5.41, 5.74) is 5.46. The van der Waals surface area contributed by atoms with Crippen LogP contribution >= 0.6 is 0 Å². The predicted molar refractivity (Wildman–Crippen MR) is 86.3 cm³/mol. The van der Waals surface area contributed by atoms with Gasteiger partial charge in [-0.15, -0.1) is 0 Å². The molecule has 1 N–H and O–H groups in total. The summed E-state index contributed by atoms with van der Waals surface area (Å²) in [5.74, 6) is 0.633. The highest BCUT2D eigenvalue weighted by atomic mass is 15.3. The summed E-state index contributed by atoms with van der Waals surface area (Å²) in [6, 6.07) is 11.6. The predicted octanol–water partition coefficient (Wildman–Crippen LogP) is 3.18. The zero-order valence-corrected chi connectivity index (χ0v) is 13.3. The van der Waals surface area contributed by atoms with Gasteiger partial charge in [0.2, 0.25) is 0 Å². The van der Waals surface area contributed by atoms with E-state index < -0.39 is 0 Å². The van der Waals surface area contributed by atoms with Crippen molar-refractivity contribution in [2.75, 3.05) is 7.05 Å². The molecule has 21 heavy (non-hydrogen) atoms. The number of hydrogen-bond donors (Lipinski definition) is 1. The molecule has 0 amide bonds. The van der Waals surface area contributed by atoms with E-state index in [0.29, 0.717) is 12.0 Å². The third-order valence-electron chi connectivity index (χ3n) is 4.76. The van der Waals surface area contributed by atoms with Crippen LogP contribution in [-0.2, 0) is 19.9 Å². The number of fused-ring (bicyclic) bond motifs is 1. The van der Waals surface area contributed by atoms with Crippen molar-refractivity contribution in [3.63, 3.8) is 0 Å². The van der Waals surface area contributed by atoms with Crippen LogP contribution in [0.25, 0.3) is 0 Å². The van der Waals surface area contributed by atoms with Crippen LogP contribution in [0.15, 0.2) is 30.3 Å². The summed E-state index contributed by atoms with van der Waals surface area (Å²) >= 11 is 0. The van der Waals surface area contributed by atoms with E-state index in [1.54, 1.807) is 0 Å². The number of aromatic nitrogens is 2. The summed E-state index contributed by atoms with van der Waals surface area (Å²) < 4.78 is 2.04. The van der Waals surface area contributed by atoms with Gasteiger partial charge in [0, 0.05) is 18.8 Å². The van der Waals surface area contributed by atoms with Crippen molar-refractivity contribution in [1.82, 2.24) is 15.1 Å². The molecule has 1 heterocycles. The minimum absolute atomic E-state index is 0.443. The molecule has 112 valence electrons. The third-order valence-corrected chi connectivity index (χ3v) is 4.76. The van der Waals surface area contributed by atoms with Crippen molar-refractivity contribution in [1.29, 1.82) is 0 Å². The molecule has 1 aromatic carbocycles. The molecule has 0 spiro atoms. The molecule has 0 saturated carbocycles. The van der Waals surface area contributed by atoms with Crippen LogP contribution in [-0.4, -0.2) is 16.8 Å². The molecule has 1 aliphatic carbocycles. The molecular weight excluding hydrogens is 258 g/mol. The van der Waals surface area contributed by atoms with Crippen LogP contribution in [0.1, 0.15) is 41.4 Å². The van der Waals surface area contributed by atoms with Crippen molar-refractivity contribution in [2.45, 2.75) is 38.6 Å². The van der Waals surface area contributed by atoms with Crippen molar-refractivity contribution in [2.24, 2.45) is 13.0 Å². The Morgan fingerprint density at radius 3 is 2.86 bits per heavy atom. The SMILES string of the molecule is CNC1c2ccccc2CCCC1Cc1cc(C)nn1C. The zero-order chi connectivity index (χ0) is 14.8. The number of hydrogen-bond acceptors (Lipinski definition) is 2. The van der Waals surface area contributed by atoms with Crippen molar-refractivity contribution >= 4 is 0 Å². The molecule has 0 fully saturated rings. The van der Waals surface area contributed by atoms with Crippen molar-refractivity contribution < 1.29 is 0 Å². The first-order valence-electron chi connectivity index (χ1n) is 7.93. The first-order valence-corrected chi connectivity index (χ1v) is 7.93. The van der Waals surface area contributed by atoms with E-state index in [-0.39, 0.29) is 0 Å². The fraction of sp³-hybridized carbons (Fsp3) is 0.500. The summed E-state index contributed by atoms with van der Waals surface area (Å²) in [6.45, 7) is 2.07. The second-order valence-electron chi connectivity index (χ2n) is 6.22. The van der Waals surface area contributed by atoms with Crippen LogP contribution in [0.3, 0.4) is 0 Å². The van der Waals surface area contributed by atoms with Crippen molar-refractivity contribution in [3.05, 3.63) is 52.8 Å². The third kappa shape index (κ3) is 2.88. The van der Waals surface area contributed by atoms with E-state index in [9.17, 15) is 0 Å². The molecule has 3 rings (SSSR count). The lowest BCUT2D eigenvalue weighted by Crippen LogP contribution is -2.27. The molecule has 2 atom stereocenters. The minimum Gasteiger partial charge on any atom is -0.313 e. The molecule has 1 aromatic heterocycles. The highest BCUT2D eigenvalue weighted by molar-refractivity contribution is 5.32. The summed E-state index contributed by atoms with van der Waals surface area (Å²) in [7, 11) is 4.15. The molecule has 0 radical (unpaired) electrons. The maximum absolute atomic E-state index is 4.49. The van der Waals surface area contributed by atoms with E-state index >= 15 is 0 Å². The normalized spacial score (nSPS) is 21.9. The van der Waals surface area contributed by atoms with Crippen LogP contribution in [0.4, 0.5) is 0 Å². The van der Waals surface area contributed by atoms with Crippen LogP contribution < -0.4 is 5.32 Å². The molecule has 0 saturated heterocycles. The maximum Gasteiger partial charge on any atom is 0.0596 e.